The molecule has 0 radical (unpaired) electrons. The van der Waals surface area contributed by atoms with Crippen molar-refractivity contribution in [3.63, 3.8) is 0 Å². The quantitative estimate of drug-likeness (QED) is 0.665. The second kappa shape index (κ2) is 3.69. The third kappa shape index (κ3) is 1.68. The van der Waals surface area contributed by atoms with Crippen LogP contribution in [-0.2, 0) is 4.74 Å². The third-order valence-corrected chi connectivity index (χ3v) is 2.26. The highest BCUT2D eigenvalue weighted by molar-refractivity contribution is 6.02. The second-order valence-corrected chi connectivity index (χ2v) is 3.32. The minimum absolute atomic E-state index is 0.348. The van der Waals surface area contributed by atoms with E-state index in [1.807, 2.05) is 31.2 Å². The Bertz CT molecular complexity index is 520. The Morgan fingerprint density at radius 3 is 2.80 bits per heavy atom. The van der Waals surface area contributed by atoms with Gasteiger partial charge in [0.1, 0.15) is 0 Å². The molecule has 2 aromatic rings. The van der Waals surface area contributed by atoms with E-state index in [-0.39, 0.29) is 5.97 Å². The first-order valence-corrected chi connectivity index (χ1v) is 4.67. The molecule has 76 valence electrons. The molecule has 15 heavy (non-hydrogen) atoms. The zero-order valence-corrected chi connectivity index (χ0v) is 8.65. The summed E-state index contributed by atoms with van der Waals surface area (Å²) in [5.74, 6) is -0.348. The molecule has 0 amide bonds. The van der Waals surface area contributed by atoms with E-state index in [0.717, 1.165) is 11.1 Å². The lowest BCUT2D eigenvalue weighted by Crippen LogP contribution is -2.03. The second-order valence-electron chi connectivity index (χ2n) is 3.32. The lowest BCUT2D eigenvalue weighted by molar-refractivity contribution is 0.0603. The molecule has 0 unspecified atom stereocenters. The molecule has 3 heteroatoms. The summed E-state index contributed by atoms with van der Waals surface area (Å²) in [5, 5.41) is 0.948. The molecule has 0 atom stereocenters. The normalized spacial score (nSPS) is 10.3. The van der Waals surface area contributed by atoms with Gasteiger partial charge < -0.3 is 4.74 Å². The maximum Gasteiger partial charge on any atom is 0.340 e. The van der Waals surface area contributed by atoms with E-state index >= 15 is 0 Å². The summed E-state index contributed by atoms with van der Waals surface area (Å²) < 4.78 is 4.71. The zero-order chi connectivity index (χ0) is 10.8. The molecule has 1 heterocycles. The number of ether oxygens (including phenoxy) is 1. The predicted octanol–water partition coefficient (Wildman–Crippen LogP) is 2.33. The summed E-state index contributed by atoms with van der Waals surface area (Å²) in [4.78, 5) is 15.8. The highest BCUT2D eigenvalue weighted by Gasteiger charge is 2.10. The molecule has 0 bridgehead atoms. The number of methoxy groups -OCH3 is 1. The third-order valence-electron chi connectivity index (χ3n) is 2.26. The summed E-state index contributed by atoms with van der Waals surface area (Å²) >= 11 is 0. The number of pyridine rings is 1. The number of nitrogens with zero attached hydrogens (tertiary/aromatic N) is 1. The monoisotopic (exact) mass is 201 g/mol. The number of rotatable bonds is 1. The molecule has 1 aromatic carbocycles. The molecule has 0 spiro atoms. The van der Waals surface area contributed by atoms with Crippen LogP contribution < -0.4 is 0 Å². The number of hydrogen-bond donors (Lipinski definition) is 0. The summed E-state index contributed by atoms with van der Waals surface area (Å²) in [7, 11) is 1.37. The van der Waals surface area contributed by atoms with Gasteiger partial charge in [0.2, 0.25) is 0 Å². The Balaban J connectivity index is 2.74. The van der Waals surface area contributed by atoms with Gasteiger partial charge in [0, 0.05) is 11.1 Å². The van der Waals surface area contributed by atoms with E-state index in [1.165, 1.54) is 7.11 Å². The van der Waals surface area contributed by atoms with Gasteiger partial charge in [-0.05, 0) is 19.1 Å². The Morgan fingerprint density at radius 1 is 1.27 bits per heavy atom. The number of hydrogen-bond acceptors (Lipinski definition) is 3. The SMILES string of the molecule is COC(=O)c1cccc2ccc(C)nc12. The van der Waals surface area contributed by atoms with Gasteiger partial charge in [0.25, 0.3) is 0 Å². The first-order chi connectivity index (χ1) is 7.22. The summed E-state index contributed by atoms with van der Waals surface area (Å²) in [6.45, 7) is 1.90. The van der Waals surface area contributed by atoms with Gasteiger partial charge in [-0.2, -0.15) is 0 Å². The van der Waals surface area contributed by atoms with Crippen molar-refractivity contribution in [2.24, 2.45) is 0 Å². The molecule has 0 fully saturated rings. The molecular weight excluding hydrogens is 190 g/mol. The number of carbonyl (C=O) groups is 1. The van der Waals surface area contributed by atoms with E-state index in [0.29, 0.717) is 11.1 Å². The molecule has 2 rings (SSSR count). The van der Waals surface area contributed by atoms with Crippen LogP contribution in [0.1, 0.15) is 16.1 Å². The predicted molar refractivity (Wildman–Crippen MR) is 57.8 cm³/mol. The number of aromatic nitrogens is 1. The molecule has 0 N–H and O–H groups in total. The Labute approximate surface area is 87.7 Å². The van der Waals surface area contributed by atoms with Gasteiger partial charge >= 0.3 is 5.97 Å². The van der Waals surface area contributed by atoms with Gasteiger partial charge in [0.15, 0.2) is 0 Å². The number of para-hydroxylation sites is 1. The molecule has 0 saturated carbocycles. The van der Waals surface area contributed by atoms with Crippen LogP contribution >= 0.6 is 0 Å². The molecule has 0 aliphatic rings. The van der Waals surface area contributed by atoms with Crippen molar-refractivity contribution in [2.45, 2.75) is 6.92 Å². The van der Waals surface area contributed by atoms with Crippen molar-refractivity contribution in [1.29, 1.82) is 0 Å². The smallest absolute Gasteiger partial charge is 0.340 e. The lowest BCUT2D eigenvalue weighted by Gasteiger charge is -2.04. The minimum atomic E-state index is -0.348. The van der Waals surface area contributed by atoms with Crippen LogP contribution in [0.2, 0.25) is 0 Å². The molecule has 0 aliphatic heterocycles. The number of benzene rings is 1. The molecule has 3 nitrogen and oxygen atoms in total. The van der Waals surface area contributed by atoms with Crippen LogP contribution in [0.25, 0.3) is 10.9 Å². The van der Waals surface area contributed by atoms with E-state index in [4.69, 9.17) is 4.74 Å². The minimum Gasteiger partial charge on any atom is -0.465 e. The van der Waals surface area contributed by atoms with Crippen LogP contribution in [0.15, 0.2) is 30.3 Å². The summed E-state index contributed by atoms with van der Waals surface area (Å²) in [6.07, 6.45) is 0. The maximum absolute atomic E-state index is 11.5. The van der Waals surface area contributed by atoms with Crippen molar-refractivity contribution < 1.29 is 9.53 Å². The van der Waals surface area contributed by atoms with E-state index < -0.39 is 0 Å². The lowest BCUT2D eigenvalue weighted by atomic mass is 10.1. The van der Waals surface area contributed by atoms with Crippen molar-refractivity contribution >= 4 is 16.9 Å². The first kappa shape index (κ1) is 9.65. The van der Waals surface area contributed by atoms with Gasteiger partial charge in [-0.15, -0.1) is 0 Å². The van der Waals surface area contributed by atoms with Crippen LogP contribution in [0.3, 0.4) is 0 Å². The van der Waals surface area contributed by atoms with Crippen molar-refractivity contribution in [3.05, 3.63) is 41.6 Å². The highest BCUT2D eigenvalue weighted by atomic mass is 16.5. The zero-order valence-electron chi connectivity index (χ0n) is 8.65. The topological polar surface area (TPSA) is 39.2 Å². The van der Waals surface area contributed by atoms with Gasteiger partial charge in [-0.25, -0.2) is 4.79 Å². The fourth-order valence-electron chi connectivity index (χ4n) is 1.52. The van der Waals surface area contributed by atoms with Crippen LogP contribution in [-0.4, -0.2) is 18.1 Å². The number of aryl methyl sites for hydroxylation is 1. The molecular formula is C12H11NO2. The van der Waals surface area contributed by atoms with Gasteiger partial charge in [0.05, 0.1) is 18.2 Å². The van der Waals surface area contributed by atoms with Gasteiger partial charge in [-0.3, -0.25) is 4.98 Å². The Hall–Kier alpha value is -1.90. The Kier molecular flexibility index (Phi) is 2.37. The van der Waals surface area contributed by atoms with Crippen LogP contribution in [0.5, 0.6) is 0 Å². The van der Waals surface area contributed by atoms with Crippen molar-refractivity contribution in [3.8, 4) is 0 Å². The van der Waals surface area contributed by atoms with Crippen LogP contribution in [0.4, 0.5) is 0 Å². The van der Waals surface area contributed by atoms with E-state index in [9.17, 15) is 4.79 Å². The number of esters is 1. The van der Waals surface area contributed by atoms with E-state index in [1.54, 1.807) is 6.07 Å². The number of carbonyl (C=O) groups excluding carboxylic acids is 1. The summed E-state index contributed by atoms with van der Waals surface area (Å²) in [5.41, 5.74) is 2.10. The number of fused-ring (bicyclic) bond motifs is 1. The average molecular weight is 201 g/mol. The highest BCUT2D eigenvalue weighted by Crippen LogP contribution is 2.17. The van der Waals surface area contributed by atoms with E-state index in [2.05, 4.69) is 4.98 Å². The standard InChI is InChI=1S/C12H11NO2/c1-8-6-7-9-4-3-5-10(11(9)13-8)12(14)15-2/h3-7H,1-2H3. The Morgan fingerprint density at radius 2 is 2.07 bits per heavy atom. The molecule has 0 saturated heterocycles. The largest absolute Gasteiger partial charge is 0.465 e. The van der Waals surface area contributed by atoms with Gasteiger partial charge in [-0.1, -0.05) is 18.2 Å². The average Bonchev–Trinajstić information content (AvgIpc) is 2.27. The first-order valence-electron chi connectivity index (χ1n) is 4.67. The summed E-state index contributed by atoms with van der Waals surface area (Å²) in [6, 6.07) is 9.34. The van der Waals surface area contributed by atoms with Crippen molar-refractivity contribution in [2.75, 3.05) is 7.11 Å². The fraction of sp³-hybridized carbons (Fsp3) is 0.167. The molecule has 0 aliphatic carbocycles. The fourth-order valence-corrected chi connectivity index (χ4v) is 1.52. The van der Waals surface area contributed by atoms with Crippen molar-refractivity contribution in [1.82, 2.24) is 4.98 Å². The van der Waals surface area contributed by atoms with Crippen LogP contribution in [0, 0.1) is 6.92 Å². The maximum atomic E-state index is 11.5. The molecule has 1 aromatic heterocycles.